The van der Waals surface area contributed by atoms with E-state index >= 15 is 0 Å². The van der Waals surface area contributed by atoms with Crippen LogP contribution in [0.1, 0.15) is 30.6 Å². The summed E-state index contributed by atoms with van der Waals surface area (Å²) < 4.78 is 0. The van der Waals surface area contributed by atoms with E-state index in [1.165, 1.54) is 6.92 Å². The Morgan fingerprint density at radius 1 is 1.33 bits per heavy atom. The standard InChI is InChI=1S/C16H23N3O2/c1-4-15-11-19(9-8-18(15)3)16(21)17-14-7-5-6-13(10-14)12(2)20/h5-7,10,15H,4,8-9,11H2,1-3H3,(H,17,21). The Hall–Kier alpha value is -1.88. The van der Waals surface area contributed by atoms with Gasteiger partial charge in [0.25, 0.3) is 0 Å². The Morgan fingerprint density at radius 2 is 2.10 bits per heavy atom. The first-order valence-electron chi connectivity index (χ1n) is 7.38. The predicted octanol–water partition coefficient (Wildman–Crippen LogP) is 2.45. The molecule has 21 heavy (non-hydrogen) atoms. The molecule has 5 nitrogen and oxygen atoms in total. The molecule has 2 amide bonds. The summed E-state index contributed by atoms with van der Waals surface area (Å²) in [6.07, 6.45) is 1.03. The molecule has 1 unspecified atom stereocenters. The van der Waals surface area contributed by atoms with Crippen LogP contribution in [0, 0.1) is 0 Å². The quantitative estimate of drug-likeness (QED) is 0.870. The minimum Gasteiger partial charge on any atom is -0.322 e. The molecule has 114 valence electrons. The molecule has 1 heterocycles. The summed E-state index contributed by atoms with van der Waals surface area (Å²) in [7, 11) is 2.10. The van der Waals surface area contributed by atoms with E-state index in [1.54, 1.807) is 24.3 Å². The third kappa shape index (κ3) is 3.82. The first-order valence-corrected chi connectivity index (χ1v) is 7.38. The average molecular weight is 289 g/mol. The van der Waals surface area contributed by atoms with Crippen molar-refractivity contribution in [2.24, 2.45) is 0 Å². The molecule has 0 saturated carbocycles. The van der Waals surface area contributed by atoms with E-state index in [-0.39, 0.29) is 11.8 Å². The third-order valence-electron chi connectivity index (χ3n) is 4.06. The van der Waals surface area contributed by atoms with Crippen molar-refractivity contribution in [3.63, 3.8) is 0 Å². The van der Waals surface area contributed by atoms with Crippen molar-refractivity contribution < 1.29 is 9.59 Å². The fourth-order valence-electron chi connectivity index (χ4n) is 2.59. The number of carbonyl (C=O) groups excluding carboxylic acids is 2. The average Bonchev–Trinajstić information content (AvgIpc) is 2.47. The Morgan fingerprint density at radius 3 is 2.76 bits per heavy atom. The molecule has 1 saturated heterocycles. The van der Waals surface area contributed by atoms with Gasteiger partial charge in [0.05, 0.1) is 0 Å². The molecule has 1 atom stereocenters. The van der Waals surface area contributed by atoms with Crippen LogP contribution in [-0.2, 0) is 0 Å². The molecule has 1 N–H and O–H groups in total. The fraction of sp³-hybridized carbons (Fsp3) is 0.500. The largest absolute Gasteiger partial charge is 0.322 e. The zero-order valence-corrected chi connectivity index (χ0v) is 12.9. The fourth-order valence-corrected chi connectivity index (χ4v) is 2.59. The molecule has 1 aromatic rings. The Bertz CT molecular complexity index is 530. The Labute approximate surface area is 125 Å². The third-order valence-corrected chi connectivity index (χ3v) is 4.06. The van der Waals surface area contributed by atoms with Crippen LogP contribution in [0.15, 0.2) is 24.3 Å². The van der Waals surface area contributed by atoms with E-state index in [0.29, 0.717) is 17.3 Å². The number of hydrogen-bond acceptors (Lipinski definition) is 3. The van der Waals surface area contributed by atoms with Crippen LogP contribution in [-0.4, -0.2) is 54.3 Å². The van der Waals surface area contributed by atoms with Crippen molar-refractivity contribution in [2.75, 3.05) is 32.0 Å². The van der Waals surface area contributed by atoms with Crippen molar-refractivity contribution >= 4 is 17.5 Å². The van der Waals surface area contributed by atoms with Gasteiger partial charge in [-0.3, -0.25) is 9.69 Å². The number of piperazine rings is 1. The maximum atomic E-state index is 12.3. The number of nitrogens with one attached hydrogen (secondary N) is 1. The van der Waals surface area contributed by atoms with Gasteiger partial charge in [-0.1, -0.05) is 19.1 Å². The van der Waals surface area contributed by atoms with Crippen LogP contribution < -0.4 is 5.32 Å². The van der Waals surface area contributed by atoms with Gasteiger partial charge in [-0.15, -0.1) is 0 Å². The van der Waals surface area contributed by atoms with Gasteiger partial charge in [0.15, 0.2) is 5.78 Å². The maximum absolute atomic E-state index is 12.3. The number of hydrogen-bond donors (Lipinski definition) is 1. The van der Waals surface area contributed by atoms with Crippen molar-refractivity contribution in [2.45, 2.75) is 26.3 Å². The second-order valence-electron chi connectivity index (χ2n) is 5.56. The van der Waals surface area contributed by atoms with Crippen LogP contribution >= 0.6 is 0 Å². The number of benzene rings is 1. The van der Waals surface area contributed by atoms with Gasteiger partial charge < -0.3 is 10.2 Å². The summed E-state index contributed by atoms with van der Waals surface area (Å²) in [5.74, 6) is -0.00302. The van der Waals surface area contributed by atoms with Crippen LogP contribution in [0.3, 0.4) is 0 Å². The van der Waals surface area contributed by atoms with Gasteiger partial charge >= 0.3 is 6.03 Å². The molecule has 0 bridgehead atoms. The van der Waals surface area contributed by atoms with Gasteiger partial charge in [-0.25, -0.2) is 4.79 Å². The number of Topliss-reactive ketones (excluding diaryl/α,β-unsaturated/α-hetero) is 1. The highest BCUT2D eigenvalue weighted by Gasteiger charge is 2.26. The first-order chi connectivity index (χ1) is 10.0. The first kappa shape index (κ1) is 15.5. The molecule has 2 rings (SSSR count). The monoisotopic (exact) mass is 289 g/mol. The minimum absolute atomic E-state index is 0.00302. The molecule has 0 aliphatic carbocycles. The van der Waals surface area contributed by atoms with Crippen LogP contribution in [0.25, 0.3) is 0 Å². The second kappa shape index (κ2) is 6.72. The molecule has 1 fully saturated rings. The highest BCUT2D eigenvalue weighted by Crippen LogP contribution is 2.15. The number of urea groups is 1. The number of amides is 2. The zero-order valence-electron chi connectivity index (χ0n) is 12.9. The summed E-state index contributed by atoms with van der Waals surface area (Å²) in [6, 6.07) is 7.37. The SMILES string of the molecule is CCC1CN(C(=O)Nc2cccc(C(C)=O)c2)CCN1C. The summed E-state index contributed by atoms with van der Waals surface area (Å²) in [6.45, 7) is 6.02. The predicted molar refractivity (Wildman–Crippen MR) is 83.7 cm³/mol. The van der Waals surface area contributed by atoms with Crippen molar-refractivity contribution in [1.29, 1.82) is 0 Å². The van der Waals surface area contributed by atoms with E-state index in [4.69, 9.17) is 0 Å². The van der Waals surface area contributed by atoms with Gasteiger partial charge in [-0.05, 0) is 32.5 Å². The van der Waals surface area contributed by atoms with Gasteiger partial charge in [-0.2, -0.15) is 0 Å². The summed E-state index contributed by atoms with van der Waals surface area (Å²) in [5, 5.41) is 2.88. The lowest BCUT2D eigenvalue weighted by Crippen LogP contribution is -2.53. The zero-order chi connectivity index (χ0) is 15.4. The molecule has 5 heteroatoms. The lowest BCUT2D eigenvalue weighted by molar-refractivity contribution is 0.101. The molecule has 0 radical (unpaired) electrons. The topological polar surface area (TPSA) is 52.7 Å². The molecule has 0 aromatic heterocycles. The lowest BCUT2D eigenvalue weighted by Gasteiger charge is -2.39. The smallest absolute Gasteiger partial charge is 0.321 e. The van der Waals surface area contributed by atoms with Crippen molar-refractivity contribution in [1.82, 2.24) is 9.80 Å². The Kier molecular flexibility index (Phi) is 4.96. The molecular weight excluding hydrogens is 266 g/mol. The Balaban J connectivity index is 2.01. The molecule has 1 aliphatic heterocycles. The van der Waals surface area contributed by atoms with E-state index < -0.39 is 0 Å². The number of carbonyl (C=O) groups is 2. The number of likely N-dealkylation sites (N-methyl/N-ethyl adjacent to an activating group) is 1. The highest BCUT2D eigenvalue weighted by atomic mass is 16.2. The summed E-state index contributed by atoms with van der Waals surface area (Å²) >= 11 is 0. The van der Waals surface area contributed by atoms with E-state index in [2.05, 4.69) is 24.2 Å². The number of ketones is 1. The lowest BCUT2D eigenvalue weighted by atomic mass is 10.1. The number of nitrogens with zero attached hydrogens (tertiary/aromatic N) is 2. The van der Waals surface area contributed by atoms with Crippen LogP contribution in [0.5, 0.6) is 0 Å². The molecular formula is C16H23N3O2. The van der Waals surface area contributed by atoms with E-state index in [9.17, 15) is 9.59 Å². The normalized spacial score (nSPS) is 19.4. The van der Waals surface area contributed by atoms with Gasteiger partial charge in [0.2, 0.25) is 0 Å². The van der Waals surface area contributed by atoms with Gasteiger partial charge in [0.1, 0.15) is 0 Å². The second-order valence-corrected chi connectivity index (χ2v) is 5.56. The van der Waals surface area contributed by atoms with Gasteiger partial charge in [0, 0.05) is 36.9 Å². The summed E-state index contributed by atoms with van der Waals surface area (Å²) in [4.78, 5) is 27.8. The van der Waals surface area contributed by atoms with E-state index in [0.717, 1.165) is 26.1 Å². The van der Waals surface area contributed by atoms with Crippen molar-refractivity contribution in [3.05, 3.63) is 29.8 Å². The molecule has 0 spiro atoms. The molecule has 1 aromatic carbocycles. The minimum atomic E-state index is -0.0951. The molecule has 1 aliphatic rings. The number of anilines is 1. The van der Waals surface area contributed by atoms with E-state index in [1.807, 2.05) is 4.90 Å². The summed E-state index contributed by atoms with van der Waals surface area (Å²) in [5.41, 5.74) is 1.28. The number of rotatable bonds is 3. The van der Waals surface area contributed by atoms with Crippen LogP contribution in [0.4, 0.5) is 10.5 Å². The maximum Gasteiger partial charge on any atom is 0.321 e. The highest BCUT2D eigenvalue weighted by molar-refractivity contribution is 5.96. The van der Waals surface area contributed by atoms with Crippen LogP contribution in [0.2, 0.25) is 0 Å². The van der Waals surface area contributed by atoms with Crippen molar-refractivity contribution in [3.8, 4) is 0 Å².